The van der Waals surface area contributed by atoms with Crippen LogP contribution in [0.25, 0.3) is 0 Å². The number of aromatic nitrogens is 1. The van der Waals surface area contributed by atoms with Gasteiger partial charge in [0.25, 0.3) is 0 Å². The van der Waals surface area contributed by atoms with E-state index < -0.39 is 6.03 Å². The van der Waals surface area contributed by atoms with Gasteiger partial charge in [-0.15, -0.1) is 0 Å². The Kier molecular flexibility index (Phi) is 4.78. The highest BCUT2D eigenvalue weighted by molar-refractivity contribution is 5.92. The normalized spacial score (nSPS) is 9.31. The number of carbonyl (C=O) groups is 2. The number of urea groups is 1. The van der Waals surface area contributed by atoms with Crippen LogP contribution in [0.1, 0.15) is 6.92 Å². The quantitative estimate of drug-likeness (QED) is 0.687. The van der Waals surface area contributed by atoms with Crippen molar-refractivity contribution in [3.8, 4) is 0 Å². The molecule has 0 spiro atoms. The molecule has 0 aliphatic carbocycles. The molecule has 6 heteroatoms. The van der Waals surface area contributed by atoms with Crippen LogP contribution < -0.4 is 16.0 Å². The van der Waals surface area contributed by atoms with E-state index in [9.17, 15) is 9.59 Å². The van der Waals surface area contributed by atoms with Crippen molar-refractivity contribution in [2.45, 2.75) is 6.92 Å². The zero-order chi connectivity index (χ0) is 11.8. The topological polar surface area (TPSA) is 83.1 Å². The number of nitrogens with one attached hydrogen (secondary N) is 3. The number of likely N-dealkylation sites (N-methyl/N-ethyl adjacent to an activating group) is 1. The Hall–Kier alpha value is -2.11. The highest BCUT2D eigenvalue weighted by Gasteiger charge is 2.03. The van der Waals surface area contributed by atoms with E-state index in [1.54, 1.807) is 18.3 Å². The lowest BCUT2D eigenvalue weighted by Gasteiger charge is -2.06. The SMILES string of the molecule is CCNC(=O)CNC(=O)Nc1cccnc1. The number of pyridine rings is 1. The van der Waals surface area contributed by atoms with Crippen molar-refractivity contribution < 1.29 is 9.59 Å². The van der Waals surface area contributed by atoms with E-state index >= 15 is 0 Å². The summed E-state index contributed by atoms with van der Waals surface area (Å²) in [6.07, 6.45) is 3.13. The number of hydrogen-bond acceptors (Lipinski definition) is 3. The molecule has 1 aromatic heterocycles. The summed E-state index contributed by atoms with van der Waals surface area (Å²) in [6.45, 7) is 2.32. The predicted octanol–water partition coefficient (Wildman–Crippen LogP) is 0.339. The Morgan fingerprint density at radius 1 is 1.38 bits per heavy atom. The second-order valence-electron chi connectivity index (χ2n) is 3.00. The molecule has 0 aliphatic rings. The first-order valence-corrected chi connectivity index (χ1v) is 4.94. The third-order valence-corrected chi connectivity index (χ3v) is 1.70. The van der Waals surface area contributed by atoms with Crippen LogP contribution >= 0.6 is 0 Å². The van der Waals surface area contributed by atoms with Crippen LogP contribution in [-0.4, -0.2) is 30.0 Å². The minimum Gasteiger partial charge on any atom is -0.355 e. The fraction of sp³-hybridized carbons (Fsp3) is 0.300. The third kappa shape index (κ3) is 4.41. The van der Waals surface area contributed by atoms with Crippen molar-refractivity contribution >= 4 is 17.6 Å². The van der Waals surface area contributed by atoms with Gasteiger partial charge in [0.15, 0.2) is 0 Å². The third-order valence-electron chi connectivity index (χ3n) is 1.70. The summed E-state index contributed by atoms with van der Waals surface area (Å²) in [5, 5.41) is 7.54. The van der Waals surface area contributed by atoms with Gasteiger partial charge in [0.05, 0.1) is 18.4 Å². The first-order chi connectivity index (χ1) is 7.72. The number of carbonyl (C=O) groups excluding carboxylic acids is 2. The van der Waals surface area contributed by atoms with Gasteiger partial charge in [0, 0.05) is 12.7 Å². The summed E-state index contributed by atoms with van der Waals surface area (Å²) in [7, 11) is 0. The number of hydrogen-bond donors (Lipinski definition) is 3. The number of nitrogens with zero attached hydrogens (tertiary/aromatic N) is 1. The summed E-state index contributed by atoms with van der Waals surface area (Å²) in [6, 6.07) is 2.98. The van der Waals surface area contributed by atoms with Crippen LogP contribution in [0.4, 0.5) is 10.5 Å². The molecule has 0 bridgehead atoms. The summed E-state index contributed by atoms with van der Waals surface area (Å²) in [5.41, 5.74) is 0.580. The summed E-state index contributed by atoms with van der Waals surface area (Å²) >= 11 is 0. The van der Waals surface area contributed by atoms with Crippen LogP contribution in [0, 0.1) is 0 Å². The maximum atomic E-state index is 11.3. The number of rotatable bonds is 4. The Morgan fingerprint density at radius 3 is 2.81 bits per heavy atom. The summed E-state index contributed by atoms with van der Waals surface area (Å²) in [4.78, 5) is 26.2. The maximum Gasteiger partial charge on any atom is 0.319 e. The molecule has 0 fully saturated rings. The molecule has 1 heterocycles. The zero-order valence-electron chi connectivity index (χ0n) is 8.99. The molecule has 0 aromatic carbocycles. The van der Waals surface area contributed by atoms with Gasteiger partial charge in [-0.2, -0.15) is 0 Å². The minimum atomic E-state index is -0.431. The first kappa shape index (κ1) is 12.0. The van der Waals surface area contributed by atoms with Crippen LogP contribution in [0.2, 0.25) is 0 Å². The second kappa shape index (κ2) is 6.39. The van der Waals surface area contributed by atoms with Crippen molar-refractivity contribution in [2.24, 2.45) is 0 Å². The monoisotopic (exact) mass is 222 g/mol. The lowest BCUT2D eigenvalue weighted by Crippen LogP contribution is -2.38. The van der Waals surface area contributed by atoms with E-state index in [1.807, 2.05) is 6.92 Å². The largest absolute Gasteiger partial charge is 0.355 e. The van der Waals surface area contributed by atoms with Crippen LogP contribution in [0.15, 0.2) is 24.5 Å². The molecule has 3 amide bonds. The van der Waals surface area contributed by atoms with Gasteiger partial charge in [-0.3, -0.25) is 9.78 Å². The molecule has 0 radical (unpaired) electrons. The summed E-state index contributed by atoms with van der Waals surface area (Å²) < 4.78 is 0. The Morgan fingerprint density at radius 2 is 2.19 bits per heavy atom. The van der Waals surface area contributed by atoms with Crippen molar-refractivity contribution in [1.82, 2.24) is 15.6 Å². The molecule has 1 aromatic rings. The standard InChI is InChI=1S/C10H14N4O2/c1-2-12-9(15)7-13-10(16)14-8-4-3-5-11-6-8/h3-6H,2,7H2,1H3,(H,12,15)(H2,13,14,16). The van der Waals surface area contributed by atoms with Gasteiger partial charge in [-0.25, -0.2) is 4.79 Å². The zero-order valence-corrected chi connectivity index (χ0v) is 8.99. The molecule has 0 unspecified atom stereocenters. The Balaban J connectivity index is 2.29. The van der Waals surface area contributed by atoms with Crippen molar-refractivity contribution in [2.75, 3.05) is 18.4 Å². The van der Waals surface area contributed by atoms with E-state index in [4.69, 9.17) is 0 Å². The Labute approximate surface area is 93.4 Å². The molecule has 16 heavy (non-hydrogen) atoms. The second-order valence-corrected chi connectivity index (χ2v) is 3.00. The van der Waals surface area contributed by atoms with Gasteiger partial charge in [0.2, 0.25) is 5.91 Å². The average molecular weight is 222 g/mol. The maximum absolute atomic E-state index is 11.3. The van der Waals surface area contributed by atoms with E-state index in [1.165, 1.54) is 6.20 Å². The van der Waals surface area contributed by atoms with Gasteiger partial charge in [-0.05, 0) is 19.1 Å². The highest BCUT2D eigenvalue weighted by Crippen LogP contribution is 2.01. The summed E-state index contributed by atoms with van der Waals surface area (Å²) in [5.74, 6) is -0.219. The highest BCUT2D eigenvalue weighted by atomic mass is 16.2. The molecule has 0 atom stereocenters. The molecule has 86 valence electrons. The van der Waals surface area contributed by atoms with Gasteiger partial charge >= 0.3 is 6.03 Å². The smallest absolute Gasteiger partial charge is 0.319 e. The van der Waals surface area contributed by atoms with Crippen LogP contribution in [0.3, 0.4) is 0 Å². The van der Waals surface area contributed by atoms with Crippen molar-refractivity contribution in [3.63, 3.8) is 0 Å². The first-order valence-electron chi connectivity index (χ1n) is 4.94. The van der Waals surface area contributed by atoms with Gasteiger partial charge in [-0.1, -0.05) is 0 Å². The number of anilines is 1. The lowest BCUT2D eigenvalue weighted by atomic mass is 10.4. The molecule has 1 rings (SSSR count). The number of amides is 3. The van der Waals surface area contributed by atoms with Crippen molar-refractivity contribution in [1.29, 1.82) is 0 Å². The average Bonchev–Trinajstić information content (AvgIpc) is 2.28. The van der Waals surface area contributed by atoms with E-state index in [-0.39, 0.29) is 12.5 Å². The van der Waals surface area contributed by atoms with E-state index in [0.29, 0.717) is 12.2 Å². The van der Waals surface area contributed by atoms with E-state index in [0.717, 1.165) is 0 Å². The Bertz CT molecular complexity index is 353. The fourth-order valence-electron chi connectivity index (χ4n) is 1.03. The molecule has 0 aliphatic heterocycles. The minimum absolute atomic E-state index is 0.0417. The van der Waals surface area contributed by atoms with Gasteiger partial charge in [0.1, 0.15) is 0 Å². The van der Waals surface area contributed by atoms with Crippen LogP contribution in [-0.2, 0) is 4.79 Å². The lowest BCUT2D eigenvalue weighted by molar-refractivity contribution is -0.119. The molecular weight excluding hydrogens is 208 g/mol. The molecular formula is C10H14N4O2. The predicted molar refractivity (Wildman–Crippen MR) is 59.9 cm³/mol. The van der Waals surface area contributed by atoms with Gasteiger partial charge < -0.3 is 16.0 Å². The van der Waals surface area contributed by atoms with E-state index in [2.05, 4.69) is 20.9 Å². The molecule has 0 saturated carbocycles. The molecule has 3 N–H and O–H groups in total. The van der Waals surface area contributed by atoms with Crippen molar-refractivity contribution in [3.05, 3.63) is 24.5 Å². The molecule has 6 nitrogen and oxygen atoms in total. The fourth-order valence-corrected chi connectivity index (χ4v) is 1.03. The molecule has 0 saturated heterocycles. The van der Waals surface area contributed by atoms with Crippen LogP contribution in [0.5, 0.6) is 0 Å².